The molecule has 0 saturated heterocycles. The molecule has 2 aromatic heterocycles. The van der Waals surface area contributed by atoms with E-state index < -0.39 is 0 Å². The second-order valence-corrected chi connectivity index (χ2v) is 5.10. The summed E-state index contributed by atoms with van der Waals surface area (Å²) in [4.78, 5) is 9.25. The maximum atomic E-state index is 4.62. The summed E-state index contributed by atoms with van der Waals surface area (Å²) in [5.41, 5.74) is 4.35. The van der Waals surface area contributed by atoms with Crippen molar-refractivity contribution in [1.82, 2.24) is 25.1 Å². The van der Waals surface area contributed by atoms with Crippen molar-refractivity contribution < 1.29 is 0 Å². The molecule has 0 aromatic carbocycles. The van der Waals surface area contributed by atoms with Crippen molar-refractivity contribution in [3.05, 3.63) is 29.3 Å². The Labute approximate surface area is 120 Å². The highest BCUT2D eigenvalue weighted by Gasteiger charge is 2.10. The Bertz CT molecular complexity index is 550. The van der Waals surface area contributed by atoms with Crippen LogP contribution < -0.4 is 5.32 Å². The van der Waals surface area contributed by atoms with E-state index in [4.69, 9.17) is 0 Å². The van der Waals surface area contributed by atoms with E-state index in [0.717, 1.165) is 48.7 Å². The van der Waals surface area contributed by atoms with Crippen LogP contribution in [-0.2, 0) is 13.5 Å². The SMILES string of the molecule is CCCNCCc1c(C)nc(-c2cnn(C)c2)nc1C. The van der Waals surface area contributed by atoms with Gasteiger partial charge in [-0.15, -0.1) is 0 Å². The van der Waals surface area contributed by atoms with E-state index in [9.17, 15) is 0 Å². The Morgan fingerprint density at radius 3 is 2.40 bits per heavy atom. The summed E-state index contributed by atoms with van der Waals surface area (Å²) in [6.45, 7) is 8.33. The van der Waals surface area contributed by atoms with Crippen LogP contribution in [0, 0.1) is 13.8 Å². The summed E-state index contributed by atoms with van der Waals surface area (Å²) in [5, 5.41) is 7.59. The topological polar surface area (TPSA) is 55.6 Å². The first-order valence-corrected chi connectivity index (χ1v) is 7.15. The van der Waals surface area contributed by atoms with Crippen molar-refractivity contribution >= 4 is 0 Å². The van der Waals surface area contributed by atoms with E-state index in [1.807, 2.05) is 13.2 Å². The van der Waals surface area contributed by atoms with Gasteiger partial charge in [0.25, 0.3) is 0 Å². The van der Waals surface area contributed by atoms with E-state index in [2.05, 4.69) is 41.2 Å². The van der Waals surface area contributed by atoms with Gasteiger partial charge < -0.3 is 5.32 Å². The standard InChI is InChI=1S/C15H23N5/c1-5-7-16-8-6-14-11(2)18-15(19-12(14)3)13-9-17-20(4)10-13/h9-10,16H,5-8H2,1-4H3. The molecule has 5 nitrogen and oxygen atoms in total. The normalized spacial score (nSPS) is 11.0. The van der Waals surface area contributed by atoms with Crippen molar-refractivity contribution in [2.45, 2.75) is 33.6 Å². The minimum absolute atomic E-state index is 0.762. The zero-order valence-corrected chi connectivity index (χ0v) is 12.8. The predicted molar refractivity (Wildman–Crippen MR) is 80.6 cm³/mol. The maximum Gasteiger partial charge on any atom is 0.162 e. The molecule has 0 aliphatic heterocycles. The molecule has 0 bridgehead atoms. The Hall–Kier alpha value is -1.75. The van der Waals surface area contributed by atoms with Crippen molar-refractivity contribution in [3.8, 4) is 11.4 Å². The molecule has 0 radical (unpaired) electrons. The number of aromatic nitrogens is 4. The van der Waals surface area contributed by atoms with E-state index in [1.54, 1.807) is 10.9 Å². The molecule has 108 valence electrons. The zero-order valence-electron chi connectivity index (χ0n) is 12.8. The van der Waals surface area contributed by atoms with Crippen LogP contribution in [0.4, 0.5) is 0 Å². The van der Waals surface area contributed by atoms with Gasteiger partial charge in [0.1, 0.15) is 0 Å². The van der Waals surface area contributed by atoms with Crippen LogP contribution in [0.3, 0.4) is 0 Å². The summed E-state index contributed by atoms with van der Waals surface area (Å²) in [7, 11) is 1.90. The smallest absolute Gasteiger partial charge is 0.162 e. The molecule has 2 heterocycles. The molecule has 0 spiro atoms. The maximum absolute atomic E-state index is 4.62. The fourth-order valence-electron chi connectivity index (χ4n) is 2.28. The Morgan fingerprint density at radius 2 is 1.85 bits per heavy atom. The van der Waals surface area contributed by atoms with Crippen LogP contribution in [0.2, 0.25) is 0 Å². The van der Waals surface area contributed by atoms with Gasteiger partial charge in [0, 0.05) is 24.6 Å². The third-order valence-corrected chi connectivity index (χ3v) is 3.36. The van der Waals surface area contributed by atoms with Gasteiger partial charge in [0.15, 0.2) is 5.82 Å². The molecule has 0 amide bonds. The van der Waals surface area contributed by atoms with Crippen molar-refractivity contribution in [2.24, 2.45) is 7.05 Å². The molecular formula is C15H23N5. The third kappa shape index (κ3) is 3.42. The zero-order chi connectivity index (χ0) is 14.5. The second kappa shape index (κ2) is 6.61. The first-order chi connectivity index (χ1) is 9.61. The second-order valence-electron chi connectivity index (χ2n) is 5.10. The van der Waals surface area contributed by atoms with Crippen LogP contribution in [0.15, 0.2) is 12.4 Å². The van der Waals surface area contributed by atoms with E-state index >= 15 is 0 Å². The van der Waals surface area contributed by atoms with Gasteiger partial charge in [-0.1, -0.05) is 6.92 Å². The van der Waals surface area contributed by atoms with Crippen molar-refractivity contribution in [3.63, 3.8) is 0 Å². The molecule has 0 aliphatic carbocycles. The number of hydrogen-bond acceptors (Lipinski definition) is 4. The number of hydrogen-bond donors (Lipinski definition) is 1. The number of nitrogens with zero attached hydrogens (tertiary/aromatic N) is 4. The van der Waals surface area contributed by atoms with Crippen LogP contribution >= 0.6 is 0 Å². The quantitative estimate of drug-likeness (QED) is 0.818. The Morgan fingerprint density at radius 1 is 1.15 bits per heavy atom. The molecule has 0 aliphatic rings. The van der Waals surface area contributed by atoms with Crippen LogP contribution in [0.5, 0.6) is 0 Å². The monoisotopic (exact) mass is 273 g/mol. The summed E-state index contributed by atoms with van der Waals surface area (Å²) < 4.78 is 1.77. The number of rotatable bonds is 6. The fourth-order valence-corrected chi connectivity index (χ4v) is 2.28. The molecule has 0 saturated carbocycles. The molecule has 5 heteroatoms. The molecule has 0 unspecified atom stereocenters. The highest BCUT2D eigenvalue weighted by atomic mass is 15.2. The van der Waals surface area contributed by atoms with Crippen LogP contribution in [-0.4, -0.2) is 32.8 Å². The summed E-state index contributed by atoms with van der Waals surface area (Å²) in [6, 6.07) is 0. The minimum atomic E-state index is 0.762. The van der Waals surface area contributed by atoms with Gasteiger partial charge in [-0.05, 0) is 45.3 Å². The highest BCUT2D eigenvalue weighted by molar-refractivity contribution is 5.53. The molecule has 1 N–H and O–H groups in total. The molecule has 0 fully saturated rings. The first-order valence-electron chi connectivity index (χ1n) is 7.15. The minimum Gasteiger partial charge on any atom is -0.316 e. The first kappa shape index (κ1) is 14.7. The van der Waals surface area contributed by atoms with Gasteiger partial charge >= 0.3 is 0 Å². The molecule has 20 heavy (non-hydrogen) atoms. The molecule has 2 rings (SSSR count). The van der Waals surface area contributed by atoms with E-state index in [0.29, 0.717) is 0 Å². The van der Waals surface area contributed by atoms with Crippen LogP contribution in [0.1, 0.15) is 30.3 Å². The number of nitrogens with one attached hydrogen (secondary N) is 1. The van der Waals surface area contributed by atoms with Gasteiger partial charge in [-0.25, -0.2) is 9.97 Å². The lowest BCUT2D eigenvalue weighted by Gasteiger charge is -2.10. The van der Waals surface area contributed by atoms with Gasteiger partial charge in [-0.2, -0.15) is 5.10 Å². The van der Waals surface area contributed by atoms with Crippen molar-refractivity contribution in [1.29, 1.82) is 0 Å². The number of aryl methyl sites for hydroxylation is 3. The van der Waals surface area contributed by atoms with Gasteiger partial charge in [0.2, 0.25) is 0 Å². The molecule has 2 aromatic rings. The summed E-state index contributed by atoms with van der Waals surface area (Å²) in [5.74, 6) is 0.762. The third-order valence-electron chi connectivity index (χ3n) is 3.36. The molecule has 0 atom stereocenters. The average Bonchev–Trinajstić information content (AvgIpc) is 2.83. The lowest BCUT2D eigenvalue weighted by Crippen LogP contribution is -2.19. The van der Waals surface area contributed by atoms with E-state index in [-0.39, 0.29) is 0 Å². The highest BCUT2D eigenvalue weighted by Crippen LogP contribution is 2.18. The molecular weight excluding hydrogens is 250 g/mol. The van der Waals surface area contributed by atoms with Gasteiger partial charge in [0.05, 0.1) is 11.8 Å². The van der Waals surface area contributed by atoms with E-state index in [1.165, 1.54) is 5.56 Å². The lowest BCUT2D eigenvalue weighted by atomic mass is 10.1. The fraction of sp³-hybridized carbons (Fsp3) is 0.533. The van der Waals surface area contributed by atoms with Crippen LogP contribution in [0.25, 0.3) is 11.4 Å². The summed E-state index contributed by atoms with van der Waals surface area (Å²) in [6.07, 6.45) is 5.88. The average molecular weight is 273 g/mol. The van der Waals surface area contributed by atoms with Crippen molar-refractivity contribution in [2.75, 3.05) is 13.1 Å². The Balaban J connectivity index is 2.16. The Kier molecular flexibility index (Phi) is 4.84. The summed E-state index contributed by atoms with van der Waals surface area (Å²) >= 11 is 0. The lowest BCUT2D eigenvalue weighted by molar-refractivity contribution is 0.666. The van der Waals surface area contributed by atoms with Gasteiger partial charge in [-0.3, -0.25) is 4.68 Å². The predicted octanol–water partition coefficient (Wildman–Crippen LogP) is 2.04. The largest absolute Gasteiger partial charge is 0.316 e.